The van der Waals surface area contributed by atoms with Crippen molar-refractivity contribution in [1.29, 1.82) is 0 Å². The van der Waals surface area contributed by atoms with Gasteiger partial charge >= 0.3 is 0 Å². The molecule has 3 rings (SSSR count). The first-order chi connectivity index (χ1) is 9.20. The van der Waals surface area contributed by atoms with Crippen molar-refractivity contribution in [3.8, 4) is 11.4 Å². The van der Waals surface area contributed by atoms with Gasteiger partial charge in [0.1, 0.15) is 16.7 Å². The van der Waals surface area contributed by atoms with Crippen LogP contribution in [0.15, 0.2) is 6.20 Å². The largest absolute Gasteiger partial charge is 0.243 e. The predicted octanol–water partition coefficient (Wildman–Crippen LogP) is 2.98. The Morgan fingerprint density at radius 2 is 2.16 bits per heavy atom. The molecule has 0 atom stereocenters. The monoisotopic (exact) mass is 277 g/mol. The second kappa shape index (κ2) is 4.89. The van der Waals surface area contributed by atoms with Crippen LogP contribution in [0.5, 0.6) is 0 Å². The van der Waals surface area contributed by atoms with Gasteiger partial charge in [0.25, 0.3) is 0 Å². The van der Waals surface area contributed by atoms with Crippen molar-refractivity contribution in [2.45, 2.75) is 45.6 Å². The van der Waals surface area contributed by atoms with Gasteiger partial charge in [-0.25, -0.2) is 14.6 Å². The van der Waals surface area contributed by atoms with Crippen molar-refractivity contribution in [2.24, 2.45) is 0 Å². The molecule has 100 valence electrons. The summed E-state index contributed by atoms with van der Waals surface area (Å²) in [6.45, 7) is 4.88. The van der Waals surface area contributed by atoms with Gasteiger partial charge in [0.15, 0.2) is 0 Å². The van der Waals surface area contributed by atoms with Crippen molar-refractivity contribution in [3.63, 3.8) is 0 Å². The second-order valence-electron chi connectivity index (χ2n) is 4.96. The molecule has 6 heteroatoms. The Morgan fingerprint density at radius 1 is 1.37 bits per heavy atom. The molecule has 0 aliphatic heterocycles. The summed E-state index contributed by atoms with van der Waals surface area (Å²) in [5.41, 5.74) is 2.68. The number of aryl methyl sites for hydroxylation is 1. The summed E-state index contributed by atoms with van der Waals surface area (Å²) >= 11 is 6.24. The van der Waals surface area contributed by atoms with Crippen LogP contribution in [-0.4, -0.2) is 25.0 Å². The molecular formula is C13H16ClN5. The van der Waals surface area contributed by atoms with Crippen LogP contribution in [0.3, 0.4) is 0 Å². The van der Waals surface area contributed by atoms with Crippen molar-refractivity contribution < 1.29 is 0 Å². The Hall–Kier alpha value is -1.49. The molecule has 0 aromatic carbocycles. The molecule has 0 amide bonds. The number of hydrogen-bond acceptors (Lipinski definition) is 4. The lowest BCUT2D eigenvalue weighted by molar-refractivity contribution is 0.583. The van der Waals surface area contributed by atoms with Crippen LogP contribution < -0.4 is 0 Å². The van der Waals surface area contributed by atoms with Crippen LogP contribution in [0.1, 0.15) is 43.5 Å². The van der Waals surface area contributed by atoms with Gasteiger partial charge in [-0.1, -0.05) is 23.7 Å². The molecule has 2 heterocycles. The fourth-order valence-electron chi connectivity index (χ4n) is 2.10. The van der Waals surface area contributed by atoms with E-state index in [1.807, 2.05) is 11.6 Å². The van der Waals surface area contributed by atoms with Crippen LogP contribution in [0, 0.1) is 6.92 Å². The summed E-state index contributed by atoms with van der Waals surface area (Å²) in [4.78, 5) is 9.07. The van der Waals surface area contributed by atoms with E-state index >= 15 is 0 Å². The number of rotatable bonds is 4. The van der Waals surface area contributed by atoms with E-state index in [9.17, 15) is 0 Å². The van der Waals surface area contributed by atoms with Crippen LogP contribution in [0.4, 0.5) is 0 Å². The van der Waals surface area contributed by atoms with Crippen LogP contribution in [0.2, 0.25) is 5.15 Å². The maximum atomic E-state index is 6.24. The molecule has 0 bridgehead atoms. The van der Waals surface area contributed by atoms with E-state index in [0.29, 0.717) is 11.1 Å². The molecule has 1 fully saturated rings. The molecule has 1 aliphatic carbocycles. The highest BCUT2D eigenvalue weighted by atomic mass is 35.5. The third-order valence-corrected chi connectivity index (χ3v) is 3.71. The standard InChI is InChI=1S/C13H16ClN5/c1-3-6-19-10(7-15-18-19)11-8(2)12(14)17-13(16-11)9-4-5-9/h7,9H,3-6H2,1-2H3. The van der Waals surface area contributed by atoms with Crippen LogP contribution >= 0.6 is 11.6 Å². The maximum absolute atomic E-state index is 6.24. The fraction of sp³-hybridized carbons (Fsp3) is 0.538. The Bertz CT molecular complexity index is 603. The summed E-state index contributed by atoms with van der Waals surface area (Å²) < 4.78 is 1.88. The summed E-state index contributed by atoms with van der Waals surface area (Å²) in [5.74, 6) is 1.34. The highest BCUT2D eigenvalue weighted by Crippen LogP contribution is 2.39. The van der Waals surface area contributed by atoms with Crippen LogP contribution in [-0.2, 0) is 6.54 Å². The maximum Gasteiger partial charge on any atom is 0.136 e. The van der Waals surface area contributed by atoms with E-state index < -0.39 is 0 Å². The lowest BCUT2D eigenvalue weighted by Crippen LogP contribution is -2.06. The quantitative estimate of drug-likeness (QED) is 0.806. The molecule has 0 spiro atoms. The molecular weight excluding hydrogens is 262 g/mol. The highest BCUT2D eigenvalue weighted by molar-refractivity contribution is 6.30. The van der Waals surface area contributed by atoms with Gasteiger partial charge in [-0.05, 0) is 26.2 Å². The molecule has 2 aromatic heterocycles. The van der Waals surface area contributed by atoms with E-state index in [1.54, 1.807) is 6.20 Å². The van der Waals surface area contributed by atoms with E-state index in [4.69, 9.17) is 11.6 Å². The van der Waals surface area contributed by atoms with E-state index in [0.717, 1.165) is 48.6 Å². The summed E-state index contributed by atoms with van der Waals surface area (Å²) in [6, 6.07) is 0. The zero-order chi connectivity index (χ0) is 13.4. The first-order valence-electron chi connectivity index (χ1n) is 6.63. The predicted molar refractivity (Wildman–Crippen MR) is 73.1 cm³/mol. The average Bonchev–Trinajstić information content (AvgIpc) is 3.14. The summed E-state index contributed by atoms with van der Waals surface area (Å²) in [7, 11) is 0. The Kier molecular flexibility index (Phi) is 3.22. The van der Waals surface area contributed by atoms with Crippen molar-refractivity contribution in [3.05, 3.63) is 22.7 Å². The minimum Gasteiger partial charge on any atom is -0.243 e. The Morgan fingerprint density at radius 3 is 2.84 bits per heavy atom. The van der Waals surface area contributed by atoms with Gasteiger partial charge < -0.3 is 0 Å². The van der Waals surface area contributed by atoms with Crippen LogP contribution in [0.25, 0.3) is 11.4 Å². The molecule has 0 unspecified atom stereocenters. The first-order valence-corrected chi connectivity index (χ1v) is 7.01. The first kappa shape index (κ1) is 12.5. The van der Waals surface area contributed by atoms with Gasteiger partial charge in [0, 0.05) is 18.0 Å². The lowest BCUT2D eigenvalue weighted by Gasteiger charge is -2.10. The average molecular weight is 278 g/mol. The number of aromatic nitrogens is 5. The number of hydrogen-bond donors (Lipinski definition) is 0. The van der Waals surface area contributed by atoms with E-state index in [-0.39, 0.29) is 0 Å². The molecule has 2 aromatic rings. The molecule has 1 saturated carbocycles. The van der Waals surface area contributed by atoms with Gasteiger partial charge in [-0.2, -0.15) is 0 Å². The molecule has 1 aliphatic rings. The summed E-state index contributed by atoms with van der Waals surface area (Å²) in [5, 5.41) is 8.63. The third-order valence-electron chi connectivity index (χ3n) is 3.34. The molecule has 5 nitrogen and oxygen atoms in total. The molecule has 19 heavy (non-hydrogen) atoms. The van der Waals surface area contributed by atoms with E-state index in [1.165, 1.54) is 0 Å². The highest BCUT2D eigenvalue weighted by Gasteiger charge is 2.28. The normalized spacial score (nSPS) is 14.9. The zero-order valence-electron chi connectivity index (χ0n) is 11.1. The zero-order valence-corrected chi connectivity index (χ0v) is 11.9. The van der Waals surface area contributed by atoms with Crippen molar-refractivity contribution in [1.82, 2.24) is 25.0 Å². The third kappa shape index (κ3) is 2.34. The van der Waals surface area contributed by atoms with E-state index in [2.05, 4.69) is 27.2 Å². The fourth-order valence-corrected chi connectivity index (χ4v) is 2.27. The molecule has 0 saturated heterocycles. The summed E-state index contributed by atoms with van der Waals surface area (Å²) in [6.07, 6.45) is 5.07. The smallest absolute Gasteiger partial charge is 0.136 e. The van der Waals surface area contributed by atoms with Crippen molar-refractivity contribution >= 4 is 11.6 Å². The minimum atomic E-state index is 0.479. The molecule has 0 radical (unpaired) electrons. The SMILES string of the molecule is CCCn1nncc1-c1nc(C2CC2)nc(Cl)c1C. The minimum absolute atomic E-state index is 0.479. The van der Waals surface area contributed by atoms with Gasteiger partial charge in [-0.15, -0.1) is 5.10 Å². The van der Waals surface area contributed by atoms with Gasteiger partial charge in [0.05, 0.1) is 11.9 Å². The van der Waals surface area contributed by atoms with Gasteiger partial charge in [-0.3, -0.25) is 0 Å². The van der Waals surface area contributed by atoms with Gasteiger partial charge in [0.2, 0.25) is 0 Å². The Balaban J connectivity index is 2.09. The second-order valence-corrected chi connectivity index (χ2v) is 5.32. The Labute approximate surface area is 117 Å². The number of halogens is 1. The topological polar surface area (TPSA) is 56.5 Å². The number of nitrogens with zero attached hydrogens (tertiary/aromatic N) is 5. The lowest BCUT2D eigenvalue weighted by atomic mass is 10.2. The van der Waals surface area contributed by atoms with Crippen molar-refractivity contribution in [2.75, 3.05) is 0 Å². The molecule has 0 N–H and O–H groups in total.